The van der Waals surface area contributed by atoms with Crippen molar-refractivity contribution in [3.05, 3.63) is 39.5 Å². The van der Waals surface area contributed by atoms with Gasteiger partial charge in [0.25, 0.3) is 5.91 Å². The summed E-state index contributed by atoms with van der Waals surface area (Å²) in [6.45, 7) is 1.02. The number of halogens is 1. The highest BCUT2D eigenvalue weighted by molar-refractivity contribution is 7.12. The average Bonchev–Trinajstić information content (AvgIpc) is 3.02. The number of carbonyl (C=O) groups is 2. The van der Waals surface area contributed by atoms with Crippen LogP contribution < -0.4 is 14.8 Å². The van der Waals surface area contributed by atoms with Crippen molar-refractivity contribution in [1.29, 1.82) is 0 Å². The number of anilines is 1. The number of likely N-dealkylation sites (N-methyl/N-ethyl adjacent to an activating group) is 1. The molecule has 0 saturated carbocycles. The summed E-state index contributed by atoms with van der Waals surface area (Å²) in [6.07, 6.45) is 0.781. The van der Waals surface area contributed by atoms with Crippen molar-refractivity contribution >= 4 is 40.4 Å². The van der Waals surface area contributed by atoms with E-state index in [4.69, 9.17) is 21.1 Å². The molecular weight excluding hydrogens is 364 g/mol. The van der Waals surface area contributed by atoms with Gasteiger partial charge in [0.15, 0.2) is 11.5 Å². The standard InChI is InChI=1S/C17H17ClN2O4S/c1-20(17(22)15-4-2-7-25-15)10-16(21)19-12-9-14-13(8-11(12)18)23-5-3-6-24-14/h2,4,7-9H,3,5-6,10H2,1H3,(H,19,21). The van der Waals surface area contributed by atoms with Crippen LogP contribution in [-0.2, 0) is 4.79 Å². The van der Waals surface area contributed by atoms with Gasteiger partial charge in [0.1, 0.15) is 0 Å². The maximum Gasteiger partial charge on any atom is 0.264 e. The molecule has 0 radical (unpaired) electrons. The van der Waals surface area contributed by atoms with Gasteiger partial charge in [-0.25, -0.2) is 0 Å². The Morgan fingerprint density at radius 1 is 1.28 bits per heavy atom. The third kappa shape index (κ3) is 4.24. The van der Waals surface area contributed by atoms with Gasteiger partial charge in [0.05, 0.1) is 35.3 Å². The van der Waals surface area contributed by atoms with Crippen LogP contribution in [0.5, 0.6) is 11.5 Å². The predicted octanol–water partition coefficient (Wildman–Crippen LogP) is 3.27. The van der Waals surface area contributed by atoms with Crippen molar-refractivity contribution in [2.24, 2.45) is 0 Å². The minimum atomic E-state index is -0.344. The fraction of sp³-hybridized carbons (Fsp3) is 0.294. The number of benzene rings is 1. The monoisotopic (exact) mass is 380 g/mol. The van der Waals surface area contributed by atoms with E-state index in [-0.39, 0.29) is 18.4 Å². The van der Waals surface area contributed by atoms with Crippen LogP contribution in [0.25, 0.3) is 0 Å². The van der Waals surface area contributed by atoms with Crippen LogP contribution >= 0.6 is 22.9 Å². The van der Waals surface area contributed by atoms with E-state index in [9.17, 15) is 9.59 Å². The Bertz CT molecular complexity index is 779. The largest absolute Gasteiger partial charge is 0.490 e. The second-order valence-electron chi connectivity index (χ2n) is 5.52. The quantitative estimate of drug-likeness (QED) is 0.883. The lowest BCUT2D eigenvalue weighted by Gasteiger charge is -2.17. The highest BCUT2D eigenvalue weighted by Gasteiger charge is 2.18. The van der Waals surface area contributed by atoms with Crippen molar-refractivity contribution in [1.82, 2.24) is 4.90 Å². The molecular formula is C17H17ClN2O4S. The molecule has 1 aromatic heterocycles. The van der Waals surface area contributed by atoms with Gasteiger partial charge in [-0.1, -0.05) is 17.7 Å². The summed E-state index contributed by atoms with van der Waals surface area (Å²) in [4.78, 5) is 26.4. The zero-order valence-electron chi connectivity index (χ0n) is 13.6. The second-order valence-corrected chi connectivity index (χ2v) is 6.87. The maximum atomic E-state index is 12.3. The van der Waals surface area contributed by atoms with E-state index in [0.717, 1.165) is 6.42 Å². The third-order valence-corrected chi connectivity index (χ3v) is 4.74. The Morgan fingerprint density at radius 3 is 2.68 bits per heavy atom. The Hall–Kier alpha value is -2.25. The second kappa shape index (κ2) is 7.76. The van der Waals surface area contributed by atoms with Gasteiger partial charge in [-0.3, -0.25) is 9.59 Å². The molecule has 0 unspecified atom stereocenters. The third-order valence-electron chi connectivity index (χ3n) is 3.57. The predicted molar refractivity (Wildman–Crippen MR) is 97.0 cm³/mol. The zero-order valence-corrected chi connectivity index (χ0v) is 15.2. The molecule has 1 aliphatic rings. The Labute approximate surface area is 154 Å². The van der Waals surface area contributed by atoms with Gasteiger partial charge in [-0.2, -0.15) is 0 Å². The molecule has 1 aliphatic heterocycles. The minimum Gasteiger partial charge on any atom is -0.490 e. The lowest BCUT2D eigenvalue weighted by molar-refractivity contribution is -0.116. The van der Waals surface area contributed by atoms with E-state index in [1.54, 1.807) is 31.3 Å². The van der Waals surface area contributed by atoms with Crippen molar-refractivity contribution in [2.45, 2.75) is 6.42 Å². The molecule has 2 aromatic rings. The lowest BCUT2D eigenvalue weighted by atomic mass is 10.2. The van der Waals surface area contributed by atoms with Gasteiger partial charge in [0, 0.05) is 25.6 Å². The SMILES string of the molecule is CN(CC(=O)Nc1cc2c(cc1Cl)OCCCO2)C(=O)c1cccs1. The molecule has 132 valence electrons. The maximum absolute atomic E-state index is 12.3. The number of amides is 2. The van der Waals surface area contributed by atoms with Crippen LogP contribution in [0.4, 0.5) is 5.69 Å². The molecule has 3 rings (SSSR count). The van der Waals surface area contributed by atoms with E-state index in [1.165, 1.54) is 16.2 Å². The normalized spacial score (nSPS) is 13.0. The number of hydrogen-bond donors (Lipinski definition) is 1. The summed E-state index contributed by atoms with van der Waals surface area (Å²) < 4.78 is 11.1. The van der Waals surface area contributed by atoms with E-state index in [2.05, 4.69) is 5.32 Å². The van der Waals surface area contributed by atoms with Crippen molar-refractivity contribution < 1.29 is 19.1 Å². The highest BCUT2D eigenvalue weighted by atomic mass is 35.5. The zero-order chi connectivity index (χ0) is 17.8. The smallest absolute Gasteiger partial charge is 0.264 e. The Kier molecular flexibility index (Phi) is 5.45. The molecule has 8 heteroatoms. The van der Waals surface area contributed by atoms with Gasteiger partial charge in [-0.15, -0.1) is 11.3 Å². The van der Waals surface area contributed by atoms with Gasteiger partial charge in [-0.05, 0) is 11.4 Å². The van der Waals surface area contributed by atoms with Crippen LogP contribution in [0.1, 0.15) is 16.1 Å². The molecule has 25 heavy (non-hydrogen) atoms. The first kappa shape index (κ1) is 17.6. The van der Waals surface area contributed by atoms with E-state index in [0.29, 0.717) is 40.3 Å². The molecule has 0 fully saturated rings. The molecule has 2 amide bonds. The first-order valence-electron chi connectivity index (χ1n) is 7.72. The molecule has 1 aromatic carbocycles. The first-order valence-corrected chi connectivity index (χ1v) is 8.98. The summed E-state index contributed by atoms with van der Waals surface area (Å²) in [5.41, 5.74) is 0.424. The fourth-order valence-electron chi connectivity index (χ4n) is 2.35. The first-order chi connectivity index (χ1) is 12.0. The van der Waals surface area contributed by atoms with Crippen LogP contribution in [-0.4, -0.2) is 43.5 Å². The molecule has 6 nitrogen and oxygen atoms in total. The molecule has 2 heterocycles. The van der Waals surface area contributed by atoms with E-state index < -0.39 is 0 Å². The molecule has 0 atom stereocenters. The van der Waals surface area contributed by atoms with Crippen LogP contribution in [0.2, 0.25) is 5.02 Å². The van der Waals surface area contributed by atoms with Crippen molar-refractivity contribution in [3.63, 3.8) is 0 Å². The number of nitrogens with zero attached hydrogens (tertiary/aromatic N) is 1. The molecule has 0 spiro atoms. The number of ether oxygens (including phenoxy) is 2. The molecule has 0 bridgehead atoms. The Balaban J connectivity index is 1.66. The molecule has 0 aliphatic carbocycles. The Morgan fingerprint density at radius 2 is 2.00 bits per heavy atom. The fourth-order valence-corrected chi connectivity index (χ4v) is 3.26. The number of nitrogens with one attached hydrogen (secondary N) is 1. The number of rotatable bonds is 4. The highest BCUT2D eigenvalue weighted by Crippen LogP contribution is 2.37. The van der Waals surface area contributed by atoms with Crippen LogP contribution in [0, 0.1) is 0 Å². The molecule has 0 saturated heterocycles. The van der Waals surface area contributed by atoms with E-state index >= 15 is 0 Å². The lowest BCUT2D eigenvalue weighted by Crippen LogP contribution is -2.34. The number of hydrogen-bond acceptors (Lipinski definition) is 5. The summed E-state index contributed by atoms with van der Waals surface area (Å²) in [5, 5.41) is 4.88. The molecule has 1 N–H and O–H groups in total. The van der Waals surface area contributed by atoms with E-state index in [1.807, 2.05) is 5.38 Å². The summed E-state index contributed by atoms with van der Waals surface area (Å²) in [6, 6.07) is 6.78. The number of thiophene rings is 1. The van der Waals surface area contributed by atoms with Gasteiger partial charge < -0.3 is 19.7 Å². The minimum absolute atomic E-state index is 0.0818. The van der Waals surface area contributed by atoms with Crippen LogP contribution in [0.15, 0.2) is 29.6 Å². The summed E-state index contributed by atoms with van der Waals surface area (Å²) >= 11 is 7.55. The summed E-state index contributed by atoms with van der Waals surface area (Å²) in [5.74, 6) is 0.560. The average molecular weight is 381 g/mol. The number of carbonyl (C=O) groups excluding carboxylic acids is 2. The van der Waals surface area contributed by atoms with Crippen molar-refractivity contribution in [3.8, 4) is 11.5 Å². The topological polar surface area (TPSA) is 67.9 Å². The van der Waals surface area contributed by atoms with Gasteiger partial charge >= 0.3 is 0 Å². The van der Waals surface area contributed by atoms with Crippen LogP contribution in [0.3, 0.4) is 0 Å². The summed E-state index contributed by atoms with van der Waals surface area (Å²) in [7, 11) is 1.58. The van der Waals surface area contributed by atoms with Crippen molar-refractivity contribution in [2.75, 3.05) is 32.1 Å². The number of fused-ring (bicyclic) bond motifs is 1. The van der Waals surface area contributed by atoms with Gasteiger partial charge in [0.2, 0.25) is 5.91 Å².